The first-order valence-electron chi connectivity index (χ1n) is 10.4. The van der Waals surface area contributed by atoms with E-state index >= 15 is 0 Å². The SMILES string of the molecule is Nc1ncnc2c1ccn2[C@@H]1O[C@H](COP2(=O)OCC[C@@H](c3cc(Br)ccc3F)O2)[C@@H](O)[C@H]1O. The van der Waals surface area contributed by atoms with Crippen molar-refractivity contribution in [2.75, 3.05) is 18.9 Å². The maximum Gasteiger partial charge on any atom is 0.475 e. The number of phosphoric ester groups is 1. The summed E-state index contributed by atoms with van der Waals surface area (Å²) in [6.07, 6.45) is -2.45. The number of hydrogen-bond acceptors (Lipinski definition) is 10. The molecule has 2 fully saturated rings. The molecule has 182 valence electrons. The van der Waals surface area contributed by atoms with Crippen LogP contribution < -0.4 is 5.73 Å². The summed E-state index contributed by atoms with van der Waals surface area (Å²) in [6, 6.07) is 6.03. The van der Waals surface area contributed by atoms with E-state index in [0.29, 0.717) is 15.5 Å². The second-order valence-electron chi connectivity index (χ2n) is 7.89. The minimum atomic E-state index is -4.09. The monoisotopic (exact) mass is 558 g/mol. The lowest BCUT2D eigenvalue weighted by Gasteiger charge is -2.30. The number of nitrogens with zero attached hydrogens (tertiary/aromatic N) is 3. The van der Waals surface area contributed by atoms with Gasteiger partial charge in [-0.15, -0.1) is 0 Å². The standard InChI is InChI=1S/C20H21BrFN4O7P/c21-10-1-2-13(22)12(7-10)14-4-6-30-34(29,33-14)31-8-15-16(27)17(28)20(32-15)26-5-3-11-18(23)24-9-25-19(11)26/h1-3,5,7,9,14-17,20,27-28H,4,6,8H2,(H2,23,24,25)/t14-,15+,16+,17+,20+,34?/m0/s1. The summed E-state index contributed by atoms with van der Waals surface area (Å²) < 4.78 is 51.4. The average Bonchev–Trinajstić information content (AvgIpc) is 3.36. The van der Waals surface area contributed by atoms with Crippen molar-refractivity contribution in [2.45, 2.75) is 37.1 Å². The molecule has 11 nitrogen and oxygen atoms in total. The van der Waals surface area contributed by atoms with Crippen LogP contribution in [0.5, 0.6) is 0 Å². The highest BCUT2D eigenvalue weighted by atomic mass is 79.9. The van der Waals surface area contributed by atoms with E-state index in [1.165, 1.54) is 23.0 Å². The first kappa shape index (κ1) is 23.8. The van der Waals surface area contributed by atoms with E-state index in [2.05, 4.69) is 25.9 Å². The summed E-state index contributed by atoms with van der Waals surface area (Å²) in [5.74, 6) is -0.247. The number of aliphatic hydroxyl groups excluding tert-OH is 2. The zero-order valence-electron chi connectivity index (χ0n) is 17.5. The van der Waals surface area contributed by atoms with Gasteiger partial charge in [0, 0.05) is 22.7 Å². The van der Waals surface area contributed by atoms with Crippen LogP contribution in [0.15, 0.2) is 41.3 Å². The molecule has 4 heterocycles. The lowest BCUT2D eigenvalue weighted by atomic mass is 10.1. The highest BCUT2D eigenvalue weighted by molar-refractivity contribution is 9.10. The molecule has 2 aromatic heterocycles. The Morgan fingerprint density at radius 1 is 1.29 bits per heavy atom. The largest absolute Gasteiger partial charge is 0.475 e. The van der Waals surface area contributed by atoms with Gasteiger partial charge in [0.05, 0.1) is 24.7 Å². The van der Waals surface area contributed by atoms with Gasteiger partial charge in [0.1, 0.15) is 41.9 Å². The minimum absolute atomic E-state index is 0.0176. The van der Waals surface area contributed by atoms with Crippen LogP contribution in [0.2, 0.25) is 0 Å². The predicted octanol–water partition coefficient (Wildman–Crippen LogP) is 2.84. The lowest BCUT2D eigenvalue weighted by molar-refractivity contribution is -0.0577. The molecule has 0 bridgehead atoms. The number of aliphatic hydroxyl groups is 2. The van der Waals surface area contributed by atoms with Crippen molar-refractivity contribution < 1.29 is 37.5 Å². The Labute approximate surface area is 201 Å². The van der Waals surface area contributed by atoms with Gasteiger partial charge in [-0.2, -0.15) is 0 Å². The van der Waals surface area contributed by atoms with E-state index in [4.69, 9.17) is 24.0 Å². The molecule has 34 heavy (non-hydrogen) atoms. The topological polar surface area (TPSA) is 151 Å². The van der Waals surface area contributed by atoms with E-state index in [1.54, 1.807) is 18.3 Å². The van der Waals surface area contributed by atoms with Gasteiger partial charge in [0.25, 0.3) is 0 Å². The number of fused-ring (bicyclic) bond motifs is 1. The van der Waals surface area contributed by atoms with Gasteiger partial charge in [-0.25, -0.2) is 18.9 Å². The first-order chi connectivity index (χ1) is 16.3. The number of halogens is 2. The molecule has 0 spiro atoms. The third kappa shape index (κ3) is 4.38. The van der Waals surface area contributed by atoms with Gasteiger partial charge >= 0.3 is 7.82 Å². The second kappa shape index (κ2) is 9.25. The fourth-order valence-corrected chi connectivity index (χ4v) is 5.77. The molecule has 1 aromatic carbocycles. The molecule has 3 aromatic rings. The van der Waals surface area contributed by atoms with Gasteiger partial charge in [0.2, 0.25) is 0 Å². The number of rotatable bonds is 5. The maximum absolute atomic E-state index is 14.3. The number of ether oxygens (including phenoxy) is 1. The van der Waals surface area contributed by atoms with E-state index in [9.17, 15) is 19.2 Å². The van der Waals surface area contributed by atoms with Crippen molar-refractivity contribution in [2.24, 2.45) is 0 Å². The Morgan fingerprint density at radius 2 is 2.12 bits per heavy atom. The van der Waals surface area contributed by atoms with E-state index in [-0.39, 0.29) is 24.4 Å². The molecule has 14 heteroatoms. The second-order valence-corrected chi connectivity index (χ2v) is 10.4. The summed E-state index contributed by atoms with van der Waals surface area (Å²) in [6.45, 7) is -0.389. The van der Waals surface area contributed by atoms with Crippen molar-refractivity contribution in [1.29, 1.82) is 0 Å². The van der Waals surface area contributed by atoms with Crippen LogP contribution in [0.1, 0.15) is 24.3 Å². The van der Waals surface area contributed by atoms with Crippen molar-refractivity contribution in [1.82, 2.24) is 14.5 Å². The number of nitrogen functional groups attached to an aromatic ring is 1. The van der Waals surface area contributed by atoms with Gasteiger partial charge < -0.3 is 25.3 Å². The summed E-state index contributed by atoms with van der Waals surface area (Å²) >= 11 is 3.28. The third-order valence-electron chi connectivity index (χ3n) is 5.74. The molecule has 1 unspecified atom stereocenters. The Morgan fingerprint density at radius 3 is 2.94 bits per heavy atom. The van der Waals surface area contributed by atoms with Crippen molar-refractivity contribution >= 4 is 40.6 Å². The number of hydrogen-bond donors (Lipinski definition) is 3. The van der Waals surface area contributed by atoms with Crippen molar-refractivity contribution in [3.63, 3.8) is 0 Å². The number of phosphoric acid groups is 1. The van der Waals surface area contributed by atoms with Crippen LogP contribution in [-0.4, -0.2) is 56.3 Å². The van der Waals surface area contributed by atoms with Crippen LogP contribution in [0.3, 0.4) is 0 Å². The highest BCUT2D eigenvalue weighted by Crippen LogP contribution is 2.57. The molecule has 2 aliphatic heterocycles. The van der Waals surface area contributed by atoms with Gasteiger partial charge in [-0.05, 0) is 24.3 Å². The summed E-state index contributed by atoms with van der Waals surface area (Å²) in [7, 11) is -4.09. The average molecular weight is 559 g/mol. The third-order valence-corrected chi connectivity index (χ3v) is 7.71. The number of anilines is 1. The summed E-state index contributed by atoms with van der Waals surface area (Å²) in [5, 5.41) is 21.6. The normalized spacial score (nSPS) is 31.8. The van der Waals surface area contributed by atoms with Crippen molar-refractivity contribution in [3.8, 4) is 0 Å². The molecule has 0 amide bonds. The van der Waals surface area contributed by atoms with Gasteiger partial charge in [0.15, 0.2) is 6.23 Å². The Bertz CT molecular complexity index is 1260. The maximum atomic E-state index is 14.3. The quantitative estimate of drug-likeness (QED) is 0.398. The summed E-state index contributed by atoms with van der Waals surface area (Å²) in [5.41, 5.74) is 6.48. The lowest BCUT2D eigenvalue weighted by Crippen LogP contribution is -2.34. The van der Waals surface area contributed by atoms with Crippen LogP contribution >= 0.6 is 23.8 Å². The van der Waals surface area contributed by atoms with E-state index in [1.807, 2.05) is 0 Å². The Kier molecular flexibility index (Phi) is 6.46. The predicted molar refractivity (Wildman–Crippen MR) is 120 cm³/mol. The van der Waals surface area contributed by atoms with Crippen LogP contribution in [0.25, 0.3) is 11.0 Å². The smallest absolute Gasteiger partial charge is 0.387 e. The van der Waals surface area contributed by atoms with Crippen LogP contribution in [0.4, 0.5) is 10.2 Å². The fraction of sp³-hybridized carbons (Fsp3) is 0.400. The molecular formula is C20H21BrFN4O7P. The minimum Gasteiger partial charge on any atom is -0.387 e. The Balaban J connectivity index is 1.28. The van der Waals surface area contributed by atoms with Crippen molar-refractivity contribution in [3.05, 3.63) is 52.6 Å². The number of benzene rings is 1. The zero-order chi connectivity index (χ0) is 24.0. The molecular weight excluding hydrogens is 538 g/mol. The molecule has 2 saturated heterocycles. The van der Waals surface area contributed by atoms with Gasteiger partial charge in [-0.1, -0.05) is 15.9 Å². The van der Waals surface area contributed by atoms with Crippen LogP contribution in [0, 0.1) is 5.82 Å². The molecule has 4 N–H and O–H groups in total. The molecule has 0 saturated carbocycles. The van der Waals surface area contributed by atoms with Gasteiger partial charge in [-0.3, -0.25) is 13.6 Å². The number of nitrogens with two attached hydrogens (primary N) is 1. The zero-order valence-corrected chi connectivity index (χ0v) is 20.0. The molecule has 0 radical (unpaired) electrons. The molecule has 2 aliphatic rings. The fourth-order valence-electron chi connectivity index (χ4n) is 4.01. The van der Waals surface area contributed by atoms with Crippen LogP contribution in [-0.2, 0) is 22.9 Å². The highest BCUT2D eigenvalue weighted by Gasteiger charge is 2.46. The number of aromatic nitrogens is 3. The molecule has 0 aliphatic carbocycles. The summed E-state index contributed by atoms with van der Waals surface area (Å²) in [4.78, 5) is 8.08. The molecule has 6 atom stereocenters. The van der Waals surface area contributed by atoms with E-state index in [0.717, 1.165) is 0 Å². The van der Waals surface area contributed by atoms with E-state index < -0.39 is 50.9 Å². The molecule has 5 rings (SSSR count). The Hall–Kier alpha value is -1.96. The first-order valence-corrected chi connectivity index (χ1v) is 12.6.